The summed E-state index contributed by atoms with van der Waals surface area (Å²) < 4.78 is 13.1. The molecule has 5 heterocycles. The summed E-state index contributed by atoms with van der Waals surface area (Å²) in [6, 6.07) is 62.5. The lowest BCUT2D eigenvalue weighted by Gasteiger charge is -2.46. The second-order valence-electron chi connectivity index (χ2n) is 28.1. The quantitative estimate of drug-likeness (QED) is 0.160. The second-order valence-corrected chi connectivity index (χ2v) is 29.2. The lowest BCUT2D eigenvalue weighted by atomic mass is 9.44. The minimum absolute atomic E-state index is 0.0420. The lowest BCUT2D eigenvalue weighted by Crippen LogP contribution is -2.57. The molecule has 0 saturated heterocycles. The van der Waals surface area contributed by atoms with Gasteiger partial charge in [-0.2, -0.15) is 0 Å². The van der Waals surface area contributed by atoms with Crippen LogP contribution >= 0.6 is 11.3 Å². The van der Waals surface area contributed by atoms with E-state index in [1.807, 2.05) is 11.3 Å². The van der Waals surface area contributed by atoms with Crippen molar-refractivity contribution in [3.63, 3.8) is 0 Å². The number of para-hydroxylation sites is 1. The Hall–Kier alpha value is -7.08. The van der Waals surface area contributed by atoms with E-state index in [4.69, 9.17) is 4.42 Å². The number of benzene rings is 9. The number of rotatable bonds is 5. The van der Waals surface area contributed by atoms with E-state index in [-0.39, 0.29) is 23.1 Å². The van der Waals surface area contributed by atoms with Gasteiger partial charge in [-0.15, -0.1) is 11.3 Å². The Morgan fingerprint density at radius 2 is 1.36 bits per heavy atom. The maximum atomic E-state index is 7.51. The van der Waals surface area contributed by atoms with Gasteiger partial charge in [-0.25, -0.2) is 0 Å². The van der Waals surface area contributed by atoms with E-state index in [1.54, 1.807) is 11.1 Å². The number of hydrogen-bond donors (Lipinski definition) is 0. The van der Waals surface area contributed by atoms with Gasteiger partial charge in [0, 0.05) is 80.8 Å². The second kappa shape index (κ2) is 16.1. The Bertz CT molecular complexity index is 4720. The van der Waals surface area contributed by atoms with Crippen LogP contribution in [0.5, 0.6) is 0 Å². The van der Waals surface area contributed by atoms with Crippen LogP contribution in [0.4, 0.5) is 17.1 Å². The Balaban J connectivity index is 0.989. The number of furan rings is 1. The molecule has 5 bridgehead atoms. The van der Waals surface area contributed by atoms with E-state index >= 15 is 0 Å². The molecule has 3 nitrogen and oxygen atoms in total. The standard InChI is InChI=1S/C76H67BN2OS/c1-5-75(39-43-19-20-44(29-43)40-75)52-22-25-63-57(35-52)59-36-53(76-28-27-49-30-45(41-76)31-50(49)42-76)37-61-68-69-65(38-60-54-17-11-12-18-66(54)80-72(60)68)78(62-24-21-51(74(2,3)4)34-56(62)46-13-7-6-8-14-46)64-26-23-55-58-32-47-15-9-10-16-48(47)33-67(58)81-73(55)70(64)77(69)79(63)71(59)61/h6-18,21-26,32-38,43-45,49-50H,5,19-20,27-31,39-42H2,1-4H3. The van der Waals surface area contributed by atoms with Gasteiger partial charge >= 0.3 is 6.85 Å². The molecular weight excluding hydrogens is 1000 g/mol. The van der Waals surface area contributed by atoms with Crippen LogP contribution in [0.3, 0.4) is 0 Å². The molecule has 0 N–H and O–H groups in total. The number of aromatic nitrogens is 1. The number of nitrogens with zero attached hydrogens (tertiary/aromatic N) is 2. The van der Waals surface area contributed by atoms with Crippen molar-refractivity contribution in [3.05, 3.63) is 174 Å². The molecule has 5 saturated carbocycles. The van der Waals surface area contributed by atoms with Crippen molar-refractivity contribution >= 4 is 121 Å². The molecule has 0 amide bonds. The van der Waals surface area contributed by atoms with Gasteiger partial charge in [0.25, 0.3) is 0 Å². The van der Waals surface area contributed by atoms with E-state index in [0.29, 0.717) is 0 Å². The lowest BCUT2D eigenvalue weighted by molar-refractivity contribution is 0.139. The van der Waals surface area contributed by atoms with Gasteiger partial charge < -0.3 is 13.8 Å². The molecule has 0 radical (unpaired) electrons. The molecule has 19 rings (SSSR count). The van der Waals surface area contributed by atoms with Crippen molar-refractivity contribution < 1.29 is 4.42 Å². The average molecular weight is 1070 g/mol. The fourth-order valence-corrected chi connectivity index (χ4v) is 20.8. The minimum atomic E-state index is -0.131. The monoisotopic (exact) mass is 1070 g/mol. The van der Waals surface area contributed by atoms with Crippen molar-refractivity contribution in [1.29, 1.82) is 0 Å². The summed E-state index contributed by atoms with van der Waals surface area (Å²) in [4.78, 5) is 2.72. The Morgan fingerprint density at radius 3 is 2.20 bits per heavy atom. The third kappa shape index (κ3) is 6.27. The van der Waals surface area contributed by atoms with Gasteiger partial charge in [0.2, 0.25) is 0 Å². The first-order chi connectivity index (χ1) is 39.6. The summed E-state index contributed by atoms with van der Waals surface area (Å²) >= 11 is 2.01. The Morgan fingerprint density at radius 1 is 0.580 bits per heavy atom. The van der Waals surface area contributed by atoms with Crippen LogP contribution in [0.2, 0.25) is 0 Å². The molecule has 5 fully saturated rings. The number of thiophene rings is 1. The third-order valence-corrected chi connectivity index (χ3v) is 24.2. The van der Waals surface area contributed by atoms with Crippen LogP contribution in [0.1, 0.15) is 121 Å². The largest absolute Gasteiger partial charge is 0.455 e. The number of hydrogen-bond acceptors (Lipinski definition) is 3. The molecule has 2 aliphatic heterocycles. The molecule has 5 aliphatic carbocycles. The summed E-state index contributed by atoms with van der Waals surface area (Å²) in [6.45, 7) is 9.45. The summed E-state index contributed by atoms with van der Waals surface area (Å²) in [7, 11) is 0. The summed E-state index contributed by atoms with van der Waals surface area (Å²) in [5, 5.41) is 10.6. The van der Waals surface area contributed by atoms with Gasteiger partial charge in [0.15, 0.2) is 0 Å². The molecule has 0 spiro atoms. The van der Waals surface area contributed by atoms with Gasteiger partial charge in [-0.05, 0) is 221 Å². The van der Waals surface area contributed by atoms with Crippen LogP contribution < -0.4 is 15.8 Å². The summed E-state index contributed by atoms with van der Waals surface area (Å²) in [5.41, 5.74) is 21.3. The molecule has 7 aliphatic rings. The molecule has 3 aromatic heterocycles. The maximum Gasteiger partial charge on any atom is 0.334 e. The molecule has 12 aromatic rings. The molecule has 6 unspecified atom stereocenters. The predicted molar refractivity (Wildman–Crippen MR) is 344 cm³/mol. The van der Waals surface area contributed by atoms with Crippen molar-refractivity contribution in [2.45, 2.75) is 121 Å². The van der Waals surface area contributed by atoms with Crippen molar-refractivity contribution in [1.82, 2.24) is 4.48 Å². The zero-order valence-electron chi connectivity index (χ0n) is 47.2. The first kappa shape index (κ1) is 46.5. The van der Waals surface area contributed by atoms with Crippen LogP contribution in [0, 0.1) is 29.6 Å². The van der Waals surface area contributed by atoms with Crippen LogP contribution in [0.25, 0.3) is 96.9 Å². The Labute approximate surface area is 479 Å². The van der Waals surface area contributed by atoms with Crippen molar-refractivity contribution in [3.8, 4) is 22.3 Å². The highest BCUT2D eigenvalue weighted by Crippen LogP contribution is 2.63. The highest BCUT2D eigenvalue weighted by atomic mass is 32.1. The molecular formula is C76H67BN2OS. The van der Waals surface area contributed by atoms with E-state index in [1.165, 1.54) is 196 Å². The molecule has 396 valence electrons. The van der Waals surface area contributed by atoms with E-state index < -0.39 is 0 Å². The SMILES string of the molecule is CCC1(c2ccc3c(c2)c2cc(C45CCC6CC(CC6C4)C5)cc4c2n3B2c3c(cc5c(oc6ccccc65)c3-4)N(c3ccc(C(C)(C)C)cc3-c3ccccc3)c3ccc4c(sc5cc6ccccc6cc54)c32)CC2CCC(C2)C1. The fraction of sp³-hybridized carbons (Fsp3) is 0.316. The molecule has 81 heavy (non-hydrogen) atoms. The highest BCUT2D eigenvalue weighted by Gasteiger charge is 2.54. The van der Waals surface area contributed by atoms with Gasteiger partial charge in [-0.3, -0.25) is 0 Å². The number of anilines is 3. The van der Waals surface area contributed by atoms with Gasteiger partial charge in [-0.1, -0.05) is 132 Å². The average Bonchev–Trinajstić information content (AvgIpc) is 4.49. The van der Waals surface area contributed by atoms with Crippen molar-refractivity contribution in [2.75, 3.05) is 4.90 Å². The van der Waals surface area contributed by atoms with E-state index in [0.717, 1.165) is 40.8 Å². The molecule has 6 atom stereocenters. The van der Waals surface area contributed by atoms with Crippen molar-refractivity contribution in [2.24, 2.45) is 29.6 Å². The Kier molecular flexibility index (Phi) is 9.27. The van der Waals surface area contributed by atoms with Gasteiger partial charge in [0.1, 0.15) is 11.2 Å². The fourth-order valence-electron chi connectivity index (χ4n) is 19.5. The van der Waals surface area contributed by atoms with Crippen LogP contribution in [-0.4, -0.2) is 11.3 Å². The molecule has 5 heteroatoms. The first-order valence-corrected chi connectivity index (χ1v) is 31.9. The topological polar surface area (TPSA) is 21.3 Å². The van der Waals surface area contributed by atoms with E-state index in [2.05, 4.69) is 195 Å². The van der Waals surface area contributed by atoms with Crippen LogP contribution in [-0.2, 0) is 16.2 Å². The third-order valence-electron chi connectivity index (χ3n) is 23.0. The predicted octanol–water partition coefficient (Wildman–Crippen LogP) is 19.9. The molecule has 9 aromatic carbocycles. The first-order valence-electron chi connectivity index (χ1n) is 31.1. The minimum Gasteiger partial charge on any atom is -0.455 e. The summed E-state index contributed by atoms with van der Waals surface area (Å²) in [6.07, 6.45) is 16.4. The zero-order chi connectivity index (χ0) is 53.4. The van der Waals surface area contributed by atoms with Gasteiger partial charge in [0.05, 0.1) is 5.69 Å². The smallest absolute Gasteiger partial charge is 0.334 e. The van der Waals surface area contributed by atoms with E-state index in [9.17, 15) is 0 Å². The maximum absolute atomic E-state index is 7.51. The van der Waals surface area contributed by atoms with Crippen LogP contribution in [0.15, 0.2) is 162 Å². The highest BCUT2D eigenvalue weighted by molar-refractivity contribution is 7.27. The normalized spacial score (nSPS) is 25.2. The zero-order valence-corrected chi connectivity index (χ0v) is 48.0. The summed E-state index contributed by atoms with van der Waals surface area (Å²) in [5.74, 6) is 4.32. The number of fused-ring (bicyclic) bond motifs is 20.